The van der Waals surface area contributed by atoms with Gasteiger partial charge in [0.25, 0.3) is 0 Å². The molecule has 4 N–H and O–H groups in total. The number of hydrogen-bond acceptors (Lipinski definition) is 8. The second-order valence-corrected chi connectivity index (χ2v) is 9.78. The van der Waals surface area contributed by atoms with Crippen molar-refractivity contribution in [1.29, 1.82) is 0 Å². The highest BCUT2D eigenvalue weighted by atomic mass is 32.2. The summed E-state index contributed by atoms with van der Waals surface area (Å²) in [5.41, 5.74) is 13.7. The molecule has 1 aromatic carbocycles. The molecular formula is C18H26N6O2S. The van der Waals surface area contributed by atoms with Crippen LogP contribution >= 0.6 is 0 Å². The highest BCUT2D eigenvalue weighted by Gasteiger charge is 2.42. The van der Waals surface area contributed by atoms with Gasteiger partial charge in [-0.05, 0) is 49.9 Å². The van der Waals surface area contributed by atoms with Crippen LogP contribution in [0.15, 0.2) is 34.3 Å². The van der Waals surface area contributed by atoms with Crippen LogP contribution in [-0.4, -0.2) is 50.6 Å². The molecule has 1 saturated heterocycles. The Labute approximate surface area is 159 Å². The maximum Gasteiger partial charge on any atom is 0.220 e. The third-order valence-corrected chi connectivity index (χ3v) is 7.28. The van der Waals surface area contributed by atoms with Crippen molar-refractivity contribution in [3.05, 3.63) is 24.3 Å². The molecule has 0 unspecified atom stereocenters. The van der Waals surface area contributed by atoms with Crippen molar-refractivity contribution in [3.8, 4) is 0 Å². The Balaban J connectivity index is 1.60. The number of sulfone groups is 1. The van der Waals surface area contributed by atoms with Crippen LogP contribution < -0.4 is 21.3 Å². The van der Waals surface area contributed by atoms with Crippen molar-refractivity contribution >= 4 is 33.1 Å². The first-order valence-corrected chi connectivity index (χ1v) is 11.3. The van der Waals surface area contributed by atoms with E-state index in [-0.39, 0.29) is 17.5 Å². The van der Waals surface area contributed by atoms with Crippen LogP contribution in [0.25, 0.3) is 0 Å². The lowest BCUT2D eigenvalue weighted by Gasteiger charge is -2.45. The molecule has 146 valence electrons. The number of guanidine groups is 2. The molecule has 2 heterocycles. The van der Waals surface area contributed by atoms with Gasteiger partial charge >= 0.3 is 0 Å². The van der Waals surface area contributed by atoms with Crippen molar-refractivity contribution in [2.24, 2.45) is 21.5 Å². The van der Waals surface area contributed by atoms with Crippen LogP contribution in [-0.2, 0) is 9.84 Å². The average molecular weight is 391 g/mol. The number of aliphatic imine (C=N–C) groups is 2. The zero-order valence-electron chi connectivity index (χ0n) is 15.3. The first-order chi connectivity index (χ1) is 12.9. The summed E-state index contributed by atoms with van der Waals surface area (Å²) in [7, 11) is -2.89. The fourth-order valence-electron chi connectivity index (χ4n) is 4.28. The first kappa shape index (κ1) is 18.1. The van der Waals surface area contributed by atoms with Crippen LogP contribution in [0.3, 0.4) is 0 Å². The molecule has 2 fully saturated rings. The first-order valence-electron chi connectivity index (χ1n) is 9.44. The molecule has 1 saturated carbocycles. The maximum absolute atomic E-state index is 11.6. The lowest BCUT2D eigenvalue weighted by molar-refractivity contribution is 0.305. The average Bonchev–Trinajstić information content (AvgIpc) is 2.62. The summed E-state index contributed by atoms with van der Waals surface area (Å²) in [6, 6.07) is 8.04. The summed E-state index contributed by atoms with van der Waals surface area (Å²) >= 11 is 0. The van der Waals surface area contributed by atoms with Crippen molar-refractivity contribution in [2.75, 3.05) is 34.4 Å². The second kappa shape index (κ2) is 6.70. The third kappa shape index (κ3) is 3.47. The molecule has 1 spiro atoms. The van der Waals surface area contributed by atoms with E-state index in [0.717, 1.165) is 37.1 Å². The number of benzene rings is 1. The Kier molecular flexibility index (Phi) is 4.49. The van der Waals surface area contributed by atoms with E-state index in [1.165, 1.54) is 6.42 Å². The van der Waals surface area contributed by atoms with Crippen molar-refractivity contribution in [3.63, 3.8) is 0 Å². The van der Waals surface area contributed by atoms with Gasteiger partial charge in [-0.15, -0.1) is 0 Å². The summed E-state index contributed by atoms with van der Waals surface area (Å²) in [6.07, 6.45) is 5.16. The van der Waals surface area contributed by atoms with Crippen molar-refractivity contribution < 1.29 is 8.42 Å². The van der Waals surface area contributed by atoms with E-state index in [9.17, 15) is 8.42 Å². The fourth-order valence-corrected chi connectivity index (χ4v) is 5.48. The molecule has 2 aliphatic heterocycles. The Morgan fingerprint density at radius 2 is 1.52 bits per heavy atom. The number of nitrogens with two attached hydrogens (primary N) is 2. The van der Waals surface area contributed by atoms with Gasteiger partial charge in [-0.3, -0.25) is 4.90 Å². The summed E-state index contributed by atoms with van der Waals surface area (Å²) < 4.78 is 23.3. The van der Waals surface area contributed by atoms with Crippen LogP contribution in [0.2, 0.25) is 0 Å². The minimum atomic E-state index is -2.89. The van der Waals surface area contributed by atoms with Crippen molar-refractivity contribution in [2.45, 2.75) is 37.8 Å². The van der Waals surface area contributed by atoms with Gasteiger partial charge in [0.15, 0.2) is 9.84 Å². The van der Waals surface area contributed by atoms with E-state index >= 15 is 0 Å². The highest BCUT2D eigenvalue weighted by Crippen LogP contribution is 2.39. The van der Waals surface area contributed by atoms with Crippen molar-refractivity contribution in [1.82, 2.24) is 0 Å². The molecule has 0 aromatic heterocycles. The SMILES string of the molecule is NC1=NC2(CCCCC2)N(c2ccc(N3CCS(=O)(=O)CC3)cc2)C(N)=N1. The predicted octanol–water partition coefficient (Wildman–Crippen LogP) is 1.03. The highest BCUT2D eigenvalue weighted by molar-refractivity contribution is 7.91. The molecule has 0 amide bonds. The molecule has 8 nitrogen and oxygen atoms in total. The molecule has 1 aliphatic carbocycles. The molecule has 4 rings (SSSR count). The van der Waals surface area contributed by atoms with E-state index in [4.69, 9.17) is 11.5 Å². The molecule has 0 atom stereocenters. The van der Waals surface area contributed by atoms with Gasteiger partial charge in [-0.2, -0.15) is 4.99 Å². The predicted molar refractivity (Wildman–Crippen MR) is 109 cm³/mol. The minimum absolute atomic E-state index is 0.206. The molecule has 0 bridgehead atoms. The van der Waals surface area contributed by atoms with E-state index in [1.54, 1.807) is 0 Å². The Morgan fingerprint density at radius 3 is 2.15 bits per heavy atom. The summed E-state index contributed by atoms with van der Waals surface area (Å²) in [4.78, 5) is 13.0. The second-order valence-electron chi connectivity index (χ2n) is 7.47. The Bertz CT molecular complexity index is 858. The topological polar surface area (TPSA) is 117 Å². The fraction of sp³-hybridized carbons (Fsp3) is 0.556. The normalized spacial score (nSPS) is 24.4. The largest absolute Gasteiger partial charge is 0.369 e. The van der Waals surface area contributed by atoms with Crippen LogP contribution in [0.1, 0.15) is 32.1 Å². The third-order valence-electron chi connectivity index (χ3n) is 5.67. The monoisotopic (exact) mass is 390 g/mol. The molecule has 0 radical (unpaired) electrons. The Hall–Kier alpha value is -2.29. The molecule has 3 aliphatic rings. The van der Waals surface area contributed by atoms with Gasteiger partial charge in [0.2, 0.25) is 11.9 Å². The smallest absolute Gasteiger partial charge is 0.220 e. The summed E-state index contributed by atoms with van der Waals surface area (Å²) in [5, 5.41) is 0. The van der Waals surface area contributed by atoms with E-state index in [2.05, 4.69) is 14.9 Å². The zero-order chi connectivity index (χ0) is 19.1. The lowest BCUT2D eigenvalue weighted by atomic mass is 9.87. The number of rotatable bonds is 2. The maximum atomic E-state index is 11.6. The van der Waals surface area contributed by atoms with Crippen LogP contribution in [0, 0.1) is 0 Å². The molecule has 9 heteroatoms. The molecular weight excluding hydrogens is 364 g/mol. The quantitative estimate of drug-likeness (QED) is 0.779. The lowest BCUT2D eigenvalue weighted by Crippen LogP contribution is -2.58. The zero-order valence-corrected chi connectivity index (χ0v) is 16.2. The Morgan fingerprint density at radius 1 is 0.926 bits per heavy atom. The van der Waals surface area contributed by atoms with Crippen LogP contribution in [0.4, 0.5) is 11.4 Å². The van der Waals surface area contributed by atoms with Gasteiger partial charge in [-0.1, -0.05) is 6.42 Å². The van der Waals surface area contributed by atoms with Gasteiger partial charge in [-0.25, -0.2) is 13.4 Å². The van der Waals surface area contributed by atoms with E-state index in [0.29, 0.717) is 19.0 Å². The molecule has 27 heavy (non-hydrogen) atoms. The number of nitrogens with zero attached hydrogens (tertiary/aromatic N) is 4. The standard InChI is InChI=1S/C18H26N6O2S/c19-16-21-17(20)24(18(22-16)8-2-1-3-9-18)15-6-4-14(5-7-15)23-10-12-27(25,26)13-11-23/h4-7H,1-3,8-13H2,(H4,19,20,21,22). The van der Waals surface area contributed by atoms with E-state index in [1.807, 2.05) is 29.2 Å². The van der Waals surface area contributed by atoms with Gasteiger partial charge < -0.3 is 16.4 Å². The molecule has 1 aromatic rings. The van der Waals surface area contributed by atoms with Gasteiger partial charge in [0.1, 0.15) is 5.66 Å². The summed E-state index contributed by atoms with van der Waals surface area (Å²) in [5.74, 6) is 1.04. The van der Waals surface area contributed by atoms with E-state index < -0.39 is 15.5 Å². The number of hydrogen-bond donors (Lipinski definition) is 2. The number of anilines is 2. The summed E-state index contributed by atoms with van der Waals surface area (Å²) in [6.45, 7) is 1.06. The van der Waals surface area contributed by atoms with Gasteiger partial charge in [0.05, 0.1) is 11.5 Å². The van der Waals surface area contributed by atoms with Gasteiger partial charge in [0, 0.05) is 24.5 Å². The minimum Gasteiger partial charge on any atom is -0.369 e. The van der Waals surface area contributed by atoms with Crippen LogP contribution in [0.5, 0.6) is 0 Å².